The van der Waals surface area contributed by atoms with Gasteiger partial charge in [-0.3, -0.25) is 4.79 Å². The van der Waals surface area contributed by atoms with E-state index in [-0.39, 0.29) is 5.91 Å². The van der Waals surface area contributed by atoms with Gasteiger partial charge in [-0.25, -0.2) is 0 Å². The fraction of sp³-hybridized carbons (Fsp3) is 0.409. The number of aromatic nitrogens is 3. The van der Waals surface area contributed by atoms with Crippen molar-refractivity contribution in [3.8, 4) is 0 Å². The number of carbonyl (C=O) groups is 1. The molecule has 7 heteroatoms. The van der Waals surface area contributed by atoms with Crippen molar-refractivity contribution in [1.82, 2.24) is 20.1 Å². The van der Waals surface area contributed by atoms with Gasteiger partial charge in [0, 0.05) is 42.0 Å². The molecular weight excluding hydrogens is 386 g/mol. The average Bonchev–Trinajstić information content (AvgIpc) is 3.13. The monoisotopic (exact) mass is 409 g/mol. The molecule has 1 aromatic carbocycles. The van der Waals surface area contributed by atoms with Crippen LogP contribution in [0.4, 0.5) is 5.82 Å². The minimum Gasteiger partial charge on any atom is -0.361 e. The van der Waals surface area contributed by atoms with E-state index in [2.05, 4.69) is 56.8 Å². The number of H-pyrrole nitrogens is 1. The summed E-state index contributed by atoms with van der Waals surface area (Å²) in [5.74, 6) is 1.44. The molecule has 29 heavy (non-hydrogen) atoms. The van der Waals surface area contributed by atoms with Crippen molar-refractivity contribution >= 4 is 34.2 Å². The molecule has 3 aromatic rings. The molecule has 2 aliphatic rings. The lowest BCUT2D eigenvalue weighted by Gasteiger charge is -2.45. The lowest BCUT2D eigenvalue weighted by Crippen LogP contribution is -2.47. The van der Waals surface area contributed by atoms with E-state index in [0.717, 1.165) is 25.8 Å². The summed E-state index contributed by atoms with van der Waals surface area (Å²) in [6.07, 6.45) is 5.76. The normalized spacial score (nSPS) is 23.7. The number of benzene rings is 1. The third kappa shape index (κ3) is 3.51. The van der Waals surface area contributed by atoms with Crippen molar-refractivity contribution in [2.45, 2.75) is 37.6 Å². The van der Waals surface area contributed by atoms with Crippen molar-refractivity contribution in [2.75, 3.05) is 18.9 Å². The van der Waals surface area contributed by atoms with Gasteiger partial charge < -0.3 is 15.2 Å². The molecule has 0 bridgehead atoms. The van der Waals surface area contributed by atoms with Gasteiger partial charge in [0.05, 0.1) is 0 Å². The van der Waals surface area contributed by atoms with Crippen molar-refractivity contribution in [2.24, 2.45) is 5.92 Å². The lowest BCUT2D eigenvalue weighted by molar-refractivity contribution is -0.116. The number of anilines is 1. The van der Waals surface area contributed by atoms with E-state index >= 15 is 0 Å². The maximum Gasteiger partial charge on any atom is 0.225 e. The summed E-state index contributed by atoms with van der Waals surface area (Å²) in [6.45, 7) is 1.03. The highest BCUT2D eigenvalue weighted by Gasteiger charge is 2.39. The molecular formula is C22H24ClN5O. The Kier molecular flexibility index (Phi) is 4.76. The van der Waals surface area contributed by atoms with Crippen LogP contribution in [-0.2, 0) is 11.2 Å². The number of likely N-dealkylation sites (tertiary alicyclic amines) is 1. The Hall–Kier alpha value is -2.44. The largest absolute Gasteiger partial charge is 0.361 e. The van der Waals surface area contributed by atoms with E-state index < -0.39 is 0 Å². The Labute approximate surface area is 174 Å². The van der Waals surface area contributed by atoms with E-state index in [9.17, 15) is 4.79 Å². The molecule has 6 nitrogen and oxygen atoms in total. The number of halogens is 1. The van der Waals surface area contributed by atoms with Crippen LogP contribution in [0.5, 0.6) is 0 Å². The Balaban J connectivity index is 1.27. The first-order valence-corrected chi connectivity index (χ1v) is 10.5. The maximum absolute atomic E-state index is 12.4. The molecule has 1 saturated heterocycles. The summed E-state index contributed by atoms with van der Waals surface area (Å²) >= 11 is 5.74. The SMILES string of the molecule is CN1C[C@H](CCC(=O)Nc2ccc(Cl)nn2)C[C@@H]2c3cccc4[nH]cc(c34)C[C@H]21. The van der Waals surface area contributed by atoms with E-state index in [1.807, 2.05) is 0 Å². The summed E-state index contributed by atoms with van der Waals surface area (Å²) in [7, 11) is 2.23. The van der Waals surface area contributed by atoms with Crippen LogP contribution >= 0.6 is 11.6 Å². The molecule has 1 fully saturated rings. The fourth-order valence-electron chi connectivity index (χ4n) is 5.19. The number of rotatable bonds is 4. The van der Waals surface area contributed by atoms with Crippen LogP contribution in [-0.4, -0.2) is 45.6 Å². The van der Waals surface area contributed by atoms with Gasteiger partial charge in [0.2, 0.25) is 5.91 Å². The van der Waals surface area contributed by atoms with Gasteiger partial charge in [0.25, 0.3) is 0 Å². The summed E-state index contributed by atoms with van der Waals surface area (Å²) in [4.78, 5) is 18.3. The van der Waals surface area contributed by atoms with Crippen molar-refractivity contribution in [3.05, 3.63) is 52.8 Å². The highest BCUT2D eigenvalue weighted by molar-refractivity contribution is 6.29. The fourth-order valence-corrected chi connectivity index (χ4v) is 5.29. The molecule has 0 unspecified atom stereocenters. The summed E-state index contributed by atoms with van der Waals surface area (Å²) in [5, 5.41) is 12.2. The number of hydrogen-bond acceptors (Lipinski definition) is 4. The highest BCUT2D eigenvalue weighted by atomic mass is 35.5. The molecule has 0 radical (unpaired) electrons. The molecule has 1 aliphatic carbocycles. The van der Waals surface area contributed by atoms with Crippen molar-refractivity contribution < 1.29 is 4.79 Å². The standard InChI is InChI=1S/C22H24ClN5O/c1-28-12-13(5-8-21(29)25-20-7-6-19(23)26-27-20)9-16-15-3-2-4-17-22(15)14(11-24-17)10-18(16)28/h2-4,6-7,11,13,16,18,24H,5,8-10,12H2,1H3,(H,25,27,29)/t13-,16-,18-/m1/s1. The summed E-state index contributed by atoms with van der Waals surface area (Å²) in [6, 6.07) is 10.4. The number of amides is 1. The van der Waals surface area contributed by atoms with Crippen LogP contribution in [0.15, 0.2) is 36.5 Å². The zero-order valence-corrected chi connectivity index (χ0v) is 17.1. The Morgan fingerprint density at radius 1 is 1.31 bits per heavy atom. The van der Waals surface area contributed by atoms with Crippen LogP contribution in [0, 0.1) is 5.92 Å². The number of carbonyl (C=O) groups excluding carboxylic acids is 1. The first kappa shape index (κ1) is 18.6. The number of likely N-dealkylation sites (N-methyl/N-ethyl adjacent to an activating group) is 1. The number of fused-ring (bicyclic) bond motifs is 2. The molecule has 0 spiro atoms. The molecule has 5 rings (SSSR count). The molecule has 2 N–H and O–H groups in total. The zero-order valence-electron chi connectivity index (χ0n) is 16.4. The van der Waals surface area contributed by atoms with Gasteiger partial charge in [-0.1, -0.05) is 23.7 Å². The van der Waals surface area contributed by atoms with Gasteiger partial charge in [-0.15, -0.1) is 10.2 Å². The Morgan fingerprint density at radius 2 is 2.21 bits per heavy atom. The first-order valence-electron chi connectivity index (χ1n) is 10.2. The predicted molar refractivity (Wildman–Crippen MR) is 114 cm³/mol. The van der Waals surface area contributed by atoms with E-state index in [1.54, 1.807) is 12.1 Å². The molecule has 1 amide bonds. The van der Waals surface area contributed by atoms with E-state index in [0.29, 0.717) is 35.3 Å². The third-order valence-corrected chi connectivity index (χ3v) is 6.69. The van der Waals surface area contributed by atoms with Crippen LogP contribution in [0.1, 0.15) is 36.3 Å². The number of piperidine rings is 1. The smallest absolute Gasteiger partial charge is 0.225 e. The second kappa shape index (κ2) is 7.43. The Morgan fingerprint density at radius 3 is 3.03 bits per heavy atom. The number of hydrogen-bond donors (Lipinski definition) is 2. The van der Waals surface area contributed by atoms with Crippen LogP contribution < -0.4 is 5.32 Å². The number of aromatic amines is 1. The van der Waals surface area contributed by atoms with Crippen molar-refractivity contribution in [1.29, 1.82) is 0 Å². The quantitative estimate of drug-likeness (QED) is 0.683. The second-order valence-electron chi connectivity index (χ2n) is 8.33. The van der Waals surface area contributed by atoms with E-state index in [1.165, 1.54) is 22.0 Å². The van der Waals surface area contributed by atoms with Gasteiger partial charge in [0.15, 0.2) is 11.0 Å². The van der Waals surface area contributed by atoms with Gasteiger partial charge >= 0.3 is 0 Å². The third-order valence-electron chi connectivity index (χ3n) is 6.49. The average molecular weight is 410 g/mol. The minimum atomic E-state index is -0.0231. The highest BCUT2D eigenvalue weighted by Crippen LogP contribution is 2.45. The molecule has 1 aliphatic heterocycles. The van der Waals surface area contributed by atoms with Gasteiger partial charge in [-0.05, 0) is 61.6 Å². The zero-order chi connectivity index (χ0) is 20.0. The summed E-state index contributed by atoms with van der Waals surface area (Å²) < 4.78 is 0. The van der Waals surface area contributed by atoms with Crippen molar-refractivity contribution in [3.63, 3.8) is 0 Å². The minimum absolute atomic E-state index is 0.0231. The molecule has 3 atom stereocenters. The first-order chi connectivity index (χ1) is 14.1. The van der Waals surface area contributed by atoms with E-state index in [4.69, 9.17) is 11.6 Å². The molecule has 150 valence electrons. The van der Waals surface area contributed by atoms with Crippen LogP contribution in [0.2, 0.25) is 5.15 Å². The second-order valence-corrected chi connectivity index (χ2v) is 8.72. The molecule has 2 aromatic heterocycles. The predicted octanol–water partition coefficient (Wildman–Crippen LogP) is 3.99. The molecule has 0 saturated carbocycles. The summed E-state index contributed by atoms with van der Waals surface area (Å²) in [5.41, 5.74) is 4.14. The Bertz CT molecular complexity index is 1050. The molecule has 3 heterocycles. The van der Waals surface area contributed by atoms with Gasteiger partial charge in [-0.2, -0.15) is 0 Å². The maximum atomic E-state index is 12.4. The van der Waals surface area contributed by atoms with Crippen LogP contribution in [0.3, 0.4) is 0 Å². The van der Waals surface area contributed by atoms with Gasteiger partial charge in [0.1, 0.15) is 0 Å². The number of nitrogens with one attached hydrogen (secondary N) is 2. The lowest BCUT2D eigenvalue weighted by atomic mass is 9.71. The number of nitrogens with zero attached hydrogens (tertiary/aromatic N) is 3. The topological polar surface area (TPSA) is 73.9 Å². The van der Waals surface area contributed by atoms with Crippen LogP contribution in [0.25, 0.3) is 10.9 Å².